The summed E-state index contributed by atoms with van der Waals surface area (Å²) >= 11 is 0. The van der Waals surface area contributed by atoms with Crippen molar-refractivity contribution in [3.05, 3.63) is 35.9 Å². The van der Waals surface area contributed by atoms with Gasteiger partial charge in [-0.15, -0.1) is 0 Å². The molecule has 1 aromatic rings. The highest BCUT2D eigenvalue weighted by Gasteiger charge is 2.62. The molecule has 0 bridgehead atoms. The number of carbonyl (C=O) groups excluding carboxylic acids is 1. The molecule has 0 radical (unpaired) electrons. The van der Waals surface area contributed by atoms with Gasteiger partial charge in [0.2, 0.25) is 0 Å². The second kappa shape index (κ2) is 3.20. The molecule has 1 saturated carbocycles. The molecule has 2 heteroatoms. The smallest absolute Gasteiger partial charge is 0.167 e. The number of nitriles is 1. The normalized spacial score (nSPS) is 26.7. The average Bonchev–Trinajstić information content (AvgIpc) is 2.80. The first-order valence-corrected chi connectivity index (χ1v) is 5.08. The van der Waals surface area contributed by atoms with Crippen LogP contribution in [0.1, 0.15) is 24.2 Å². The predicted molar refractivity (Wildman–Crippen MR) is 57.1 cm³/mol. The van der Waals surface area contributed by atoms with E-state index in [0.717, 1.165) is 0 Å². The van der Waals surface area contributed by atoms with Crippen LogP contribution in [0.2, 0.25) is 0 Å². The molecule has 0 N–H and O–H groups in total. The summed E-state index contributed by atoms with van der Waals surface area (Å²) in [4.78, 5) is 12.0. The Morgan fingerprint density at radius 3 is 2.40 bits per heavy atom. The van der Waals surface area contributed by atoms with Crippen LogP contribution in [0.4, 0.5) is 0 Å². The Balaban J connectivity index is 2.23. The van der Waals surface area contributed by atoms with Crippen molar-refractivity contribution in [3.8, 4) is 6.07 Å². The van der Waals surface area contributed by atoms with Gasteiger partial charge in [-0.25, -0.2) is 0 Å². The van der Waals surface area contributed by atoms with Crippen molar-refractivity contribution in [1.82, 2.24) is 0 Å². The molecular weight excluding hydrogens is 186 g/mol. The van der Waals surface area contributed by atoms with Gasteiger partial charge in [0.05, 0.1) is 12.0 Å². The molecule has 2 atom stereocenters. The highest BCUT2D eigenvalue weighted by Crippen LogP contribution is 2.58. The highest BCUT2D eigenvalue weighted by atomic mass is 16.1. The Morgan fingerprint density at radius 2 is 1.93 bits per heavy atom. The summed E-state index contributed by atoms with van der Waals surface area (Å²) in [7, 11) is 0. The van der Waals surface area contributed by atoms with Crippen molar-refractivity contribution >= 4 is 5.78 Å². The minimum atomic E-state index is -0.151. The van der Waals surface area contributed by atoms with Crippen molar-refractivity contribution in [2.75, 3.05) is 0 Å². The third-order valence-electron chi connectivity index (χ3n) is 3.31. The number of ketones is 1. The Hall–Kier alpha value is -1.62. The number of Topliss-reactive ketones (excluding diaryl/α,β-unsaturated/α-hetero) is 1. The standard InChI is InChI=1S/C13H13NO/c1-13(2)10(8-14)11(13)12(15)9-6-4-3-5-7-9/h3-7,10-11H,1-2H3. The molecule has 15 heavy (non-hydrogen) atoms. The second-order valence-electron chi connectivity index (χ2n) is 4.64. The van der Waals surface area contributed by atoms with E-state index in [1.54, 1.807) is 0 Å². The molecule has 0 amide bonds. The third kappa shape index (κ3) is 1.45. The van der Waals surface area contributed by atoms with Crippen LogP contribution in [0.5, 0.6) is 0 Å². The fraction of sp³-hybridized carbons (Fsp3) is 0.385. The van der Waals surface area contributed by atoms with Crippen molar-refractivity contribution < 1.29 is 4.79 Å². The molecule has 1 aliphatic rings. The van der Waals surface area contributed by atoms with Crippen LogP contribution in [0.3, 0.4) is 0 Å². The zero-order valence-corrected chi connectivity index (χ0v) is 8.90. The van der Waals surface area contributed by atoms with Gasteiger partial charge in [0.1, 0.15) is 0 Å². The number of hydrogen-bond donors (Lipinski definition) is 0. The van der Waals surface area contributed by atoms with E-state index in [1.807, 2.05) is 44.2 Å². The van der Waals surface area contributed by atoms with Gasteiger partial charge >= 0.3 is 0 Å². The van der Waals surface area contributed by atoms with E-state index in [9.17, 15) is 4.79 Å². The average molecular weight is 199 g/mol. The Bertz CT molecular complexity index is 428. The lowest BCUT2D eigenvalue weighted by Crippen LogP contribution is -2.06. The van der Waals surface area contributed by atoms with Crippen LogP contribution in [-0.2, 0) is 0 Å². The second-order valence-corrected chi connectivity index (χ2v) is 4.64. The Labute approximate surface area is 89.5 Å². The molecule has 2 unspecified atom stereocenters. The molecular formula is C13H13NO. The van der Waals surface area contributed by atoms with E-state index in [2.05, 4.69) is 6.07 Å². The SMILES string of the molecule is CC1(C)C(C#N)C1C(=O)c1ccccc1. The topological polar surface area (TPSA) is 40.9 Å². The fourth-order valence-corrected chi connectivity index (χ4v) is 2.15. The summed E-state index contributed by atoms with van der Waals surface area (Å²) in [5, 5.41) is 8.91. The Kier molecular flexibility index (Phi) is 2.12. The molecule has 0 aromatic heterocycles. The van der Waals surface area contributed by atoms with E-state index in [1.165, 1.54) is 0 Å². The van der Waals surface area contributed by atoms with Crippen LogP contribution >= 0.6 is 0 Å². The van der Waals surface area contributed by atoms with Gasteiger partial charge in [-0.2, -0.15) is 5.26 Å². The number of carbonyl (C=O) groups is 1. The van der Waals surface area contributed by atoms with Gasteiger partial charge in [0.25, 0.3) is 0 Å². The maximum Gasteiger partial charge on any atom is 0.167 e. The molecule has 0 aliphatic heterocycles. The van der Waals surface area contributed by atoms with E-state index < -0.39 is 0 Å². The highest BCUT2D eigenvalue weighted by molar-refractivity contribution is 6.00. The monoisotopic (exact) mass is 199 g/mol. The van der Waals surface area contributed by atoms with E-state index in [-0.39, 0.29) is 23.0 Å². The number of benzene rings is 1. The maximum absolute atomic E-state index is 12.0. The summed E-state index contributed by atoms with van der Waals surface area (Å²) in [5.41, 5.74) is 0.565. The fourth-order valence-electron chi connectivity index (χ4n) is 2.15. The van der Waals surface area contributed by atoms with Crippen LogP contribution < -0.4 is 0 Å². The minimum Gasteiger partial charge on any atom is -0.294 e. The molecule has 0 spiro atoms. The molecule has 0 heterocycles. The first kappa shape index (κ1) is 9.92. The molecule has 1 fully saturated rings. The van der Waals surface area contributed by atoms with E-state index in [4.69, 9.17) is 5.26 Å². The van der Waals surface area contributed by atoms with Crippen LogP contribution in [0.15, 0.2) is 30.3 Å². The summed E-state index contributed by atoms with van der Waals surface area (Å²) in [5.74, 6) is -0.137. The van der Waals surface area contributed by atoms with Crippen molar-refractivity contribution in [2.24, 2.45) is 17.3 Å². The van der Waals surface area contributed by atoms with Gasteiger partial charge in [-0.3, -0.25) is 4.79 Å². The lowest BCUT2D eigenvalue weighted by atomic mass is 10.0. The molecule has 0 saturated heterocycles. The van der Waals surface area contributed by atoms with Crippen molar-refractivity contribution in [3.63, 3.8) is 0 Å². The summed E-state index contributed by atoms with van der Waals surface area (Å²) < 4.78 is 0. The minimum absolute atomic E-state index is 0.104. The van der Waals surface area contributed by atoms with Gasteiger partial charge in [0.15, 0.2) is 5.78 Å². The van der Waals surface area contributed by atoms with E-state index >= 15 is 0 Å². The van der Waals surface area contributed by atoms with E-state index in [0.29, 0.717) is 5.56 Å². The zero-order chi connectivity index (χ0) is 11.1. The van der Waals surface area contributed by atoms with Gasteiger partial charge < -0.3 is 0 Å². The Morgan fingerprint density at radius 1 is 1.33 bits per heavy atom. The van der Waals surface area contributed by atoms with Crippen molar-refractivity contribution in [1.29, 1.82) is 5.26 Å². The summed E-state index contributed by atoms with van der Waals surface area (Å²) in [6, 6.07) is 11.4. The third-order valence-corrected chi connectivity index (χ3v) is 3.31. The largest absolute Gasteiger partial charge is 0.294 e. The van der Waals surface area contributed by atoms with Crippen LogP contribution in [-0.4, -0.2) is 5.78 Å². The first-order chi connectivity index (χ1) is 7.09. The van der Waals surface area contributed by atoms with Crippen LogP contribution in [0.25, 0.3) is 0 Å². The summed E-state index contributed by atoms with van der Waals surface area (Å²) in [6.07, 6.45) is 0. The van der Waals surface area contributed by atoms with Crippen molar-refractivity contribution in [2.45, 2.75) is 13.8 Å². The molecule has 1 aromatic carbocycles. The molecule has 1 aliphatic carbocycles. The summed E-state index contributed by atoms with van der Waals surface area (Å²) in [6.45, 7) is 3.96. The first-order valence-electron chi connectivity index (χ1n) is 5.08. The number of hydrogen-bond acceptors (Lipinski definition) is 2. The number of rotatable bonds is 2. The molecule has 2 rings (SSSR count). The molecule has 76 valence electrons. The predicted octanol–water partition coefficient (Wildman–Crippen LogP) is 2.67. The quantitative estimate of drug-likeness (QED) is 0.687. The molecule has 2 nitrogen and oxygen atoms in total. The van der Waals surface area contributed by atoms with Crippen LogP contribution in [0, 0.1) is 28.6 Å². The lowest BCUT2D eigenvalue weighted by molar-refractivity contribution is 0.0951. The van der Waals surface area contributed by atoms with Gasteiger partial charge in [-0.05, 0) is 5.41 Å². The lowest BCUT2D eigenvalue weighted by Gasteiger charge is -2.01. The zero-order valence-electron chi connectivity index (χ0n) is 8.90. The van der Waals surface area contributed by atoms with Gasteiger partial charge in [-0.1, -0.05) is 44.2 Å². The van der Waals surface area contributed by atoms with Gasteiger partial charge in [0, 0.05) is 11.5 Å². The number of nitrogens with zero attached hydrogens (tertiary/aromatic N) is 1. The maximum atomic E-state index is 12.0.